The first kappa shape index (κ1) is 33.6. The van der Waals surface area contributed by atoms with Gasteiger partial charge in [-0.3, -0.25) is 9.59 Å². The smallest absolute Gasteiger partial charge is 0.407 e. The van der Waals surface area contributed by atoms with Gasteiger partial charge in [0.25, 0.3) is 0 Å². The second kappa shape index (κ2) is 16.7. The van der Waals surface area contributed by atoms with E-state index >= 15 is 0 Å². The fraction of sp³-hybridized carbons (Fsp3) is 0.529. The maximum Gasteiger partial charge on any atom is 0.407 e. The van der Waals surface area contributed by atoms with Crippen LogP contribution in [0, 0.1) is 0 Å². The minimum Gasteiger partial charge on any atom is -0.480 e. The van der Waals surface area contributed by atoms with Crippen molar-refractivity contribution in [1.82, 2.24) is 10.6 Å². The predicted molar refractivity (Wildman–Crippen MR) is 165 cm³/mol. The SMILES string of the molecule is CC(C)(C)OC(=O)CCCCCCCCCCC(=O)N[C@H](CNC(=O)OCC1c2ccccc2-c2ccccc21)C(=O)O. The number of hydrogen-bond acceptors (Lipinski definition) is 6. The molecule has 3 rings (SSSR count). The van der Waals surface area contributed by atoms with Gasteiger partial charge >= 0.3 is 18.0 Å². The van der Waals surface area contributed by atoms with Crippen LogP contribution in [0.4, 0.5) is 4.79 Å². The first-order valence-electron chi connectivity index (χ1n) is 15.4. The van der Waals surface area contributed by atoms with Gasteiger partial charge in [0.05, 0.1) is 6.54 Å². The number of unbranched alkanes of at least 4 members (excludes halogenated alkanes) is 7. The Morgan fingerprint density at radius 3 is 1.84 bits per heavy atom. The number of aliphatic carboxylic acids is 1. The van der Waals surface area contributed by atoms with Crippen LogP contribution < -0.4 is 10.6 Å². The lowest BCUT2D eigenvalue weighted by atomic mass is 9.98. The molecule has 0 heterocycles. The van der Waals surface area contributed by atoms with E-state index in [0.29, 0.717) is 12.8 Å². The van der Waals surface area contributed by atoms with Crippen molar-refractivity contribution in [2.45, 2.75) is 103 Å². The number of esters is 1. The molecule has 1 aliphatic rings. The third-order valence-corrected chi connectivity index (χ3v) is 7.38. The van der Waals surface area contributed by atoms with Gasteiger partial charge in [0, 0.05) is 18.8 Å². The van der Waals surface area contributed by atoms with Crippen LogP contribution in [0.1, 0.15) is 102 Å². The molecule has 0 fully saturated rings. The van der Waals surface area contributed by atoms with Crippen LogP contribution in [0.5, 0.6) is 0 Å². The summed E-state index contributed by atoms with van der Waals surface area (Å²) in [4.78, 5) is 48.1. The average molecular weight is 595 g/mol. The second-order valence-electron chi connectivity index (χ2n) is 12.1. The summed E-state index contributed by atoms with van der Waals surface area (Å²) in [7, 11) is 0. The van der Waals surface area contributed by atoms with E-state index in [9.17, 15) is 24.3 Å². The van der Waals surface area contributed by atoms with E-state index in [2.05, 4.69) is 10.6 Å². The minimum absolute atomic E-state index is 0.0997. The Morgan fingerprint density at radius 1 is 0.791 bits per heavy atom. The zero-order chi connectivity index (χ0) is 31.2. The number of ether oxygens (including phenoxy) is 2. The second-order valence-corrected chi connectivity index (χ2v) is 12.1. The Morgan fingerprint density at radius 2 is 1.30 bits per heavy atom. The highest BCUT2D eigenvalue weighted by Gasteiger charge is 2.29. The predicted octanol–water partition coefficient (Wildman–Crippen LogP) is 6.34. The molecule has 43 heavy (non-hydrogen) atoms. The fourth-order valence-electron chi connectivity index (χ4n) is 5.31. The van der Waals surface area contributed by atoms with Crippen molar-refractivity contribution in [2.75, 3.05) is 13.2 Å². The Labute approximate surface area is 254 Å². The largest absolute Gasteiger partial charge is 0.480 e. The van der Waals surface area contributed by atoms with Gasteiger partial charge in [-0.25, -0.2) is 9.59 Å². The number of alkyl carbamates (subject to hydrolysis) is 1. The van der Waals surface area contributed by atoms with Crippen molar-refractivity contribution in [3.8, 4) is 11.1 Å². The summed E-state index contributed by atoms with van der Waals surface area (Å²) in [6.45, 7) is 5.45. The molecule has 0 spiro atoms. The quantitative estimate of drug-likeness (QED) is 0.144. The van der Waals surface area contributed by atoms with Gasteiger partial charge in [-0.1, -0.05) is 87.1 Å². The zero-order valence-corrected chi connectivity index (χ0v) is 25.7. The molecule has 2 aromatic rings. The third kappa shape index (κ3) is 11.4. The normalized spacial score (nSPS) is 13.0. The van der Waals surface area contributed by atoms with E-state index in [4.69, 9.17) is 9.47 Å². The third-order valence-electron chi connectivity index (χ3n) is 7.38. The molecular formula is C34H46N2O7. The molecule has 0 aliphatic heterocycles. The topological polar surface area (TPSA) is 131 Å². The molecule has 1 atom stereocenters. The summed E-state index contributed by atoms with van der Waals surface area (Å²) >= 11 is 0. The van der Waals surface area contributed by atoms with E-state index in [0.717, 1.165) is 67.2 Å². The summed E-state index contributed by atoms with van der Waals surface area (Å²) in [6, 6.07) is 14.8. The number of amides is 2. The van der Waals surface area contributed by atoms with Gasteiger partial charge in [0.2, 0.25) is 5.91 Å². The van der Waals surface area contributed by atoms with Crippen molar-refractivity contribution in [3.05, 3.63) is 59.7 Å². The number of carboxylic acid groups (broad SMARTS) is 1. The van der Waals surface area contributed by atoms with E-state index in [1.807, 2.05) is 69.3 Å². The van der Waals surface area contributed by atoms with E-state index in [-0.39, 0.29) is 37.4 Å². The highest BCUT2D eigenvalue weighted by molar-refractivity contribution is 5.84. The summed E-state index contributed by atoms with van der Waals surface area (Å²) in [5, 5.41) is 14.5. The summed E-state index contributed by atoms with van der Waals surface area (Å²) in [6.07, 6.45) is 7.47. The van der Waals surface area contributed by atoms with Crippen molar-refractivity contribution < 1.29 is 33.8 Å². The van der Waals surface area contributed by atoms with Crippen LogP contribution in [-0.2, 0) is 23.9 Å². The molecule has 0 saturated heterocycles. The molecule has 234 valence electrons. The maximum atomic E-state index is 12.4. The monoisotopic (exact) mass is 594 g/mol. The van der Waals surface area contributed by atoms with Crippen molar-refractivity contribution in [1.29, 1.82) is 0 Å². The fourth-order valence-corrected chi connectivity index (χ4v) is 5.31. The van der Waals surface area contributed by atoms with E-state index in [1.165, 1.54) is 0 Å². The highest BCUT2D eigenvalue weighted by Crippen LogP contribution is 2.44. The van der Waals surface area contributed by atoms with Crippen LogP contribution >= 0.6 is 0 Å². The van der Waals surface area contributed by atoms with Crippen LogP contribution in [-0.4, -0.2) is 53.8 Å². The number of benzene rings is 2. The number of hydrogen-bond donors (Lipinski definition) is 3. The molecule has 0 bridgehead atoms. The Balaban J connectivity index is 1.26. The lowest BCUT2D eigenvalue weighted by Gasteiger charge is -2.19. The Kier molecular flexibility index (Phi) is 13.0. The summed E-state index contributed by atoms with van der Waals surface area (Å²) < 4.78 is 10.8. The van der Waals surface area contributed by atoms with Gasteiger partial charge in [0.1, 0.15) is 18.2 Å². The standard InChI is InChI=1S/C34H46N2O7/c1-34(2,3)43-31(38)21-11-9-7-5-4-6-8-10-20-30(37)36-29(32(39)40)22-35-33(41)42-23-28-26-18-14-12-16-24(26)25-17-13-15-19-27(25)28/h12-19,28-29H,4-11,20-23H2,1-3H3,(H,35,41)(H,36,37)(H,39,40)/t29-/m1/s1. The Bertz CT molecular complexity index is 1190. The summed E-state index contributed by atoms with van der Waals surface area (Å²) in [5.41, 5.74) is 3.97. The maximum absolute atomic E-state index is 12.4. The highest BCUT2D eigenvalue weighted by atomic mass is 16.6. The van der Waals surface area contributed by atoms with Gasteiger partial charge in [-0.15, -0.1) is 0 Å². The molecule has 1 aliphatic carbocycles. The van der Waals surface area contributed by atoms with Crippen LogP contribution in [0.15, 0.2) is 48.5 Å². The molecule has 0 aromatic heterocycles. The molecule has 9 heteroatoms. The molecule has 2 amide bonds. The zero-order valence-electron chi connectivity index (χ0n) is 25.7. The van der Waals surface area contributed by atoms with Crippen LogP contribution in [0.2, 0.25) is 0 Å². The first-order valence-corrected chi connectivity index (χ1v) is 15.4. The van der Waals surface area contributed by atoms with Gasteiger partial charge in [0.15, 0.2) is 0 Å². The molecular weight excluding hydrogens is 548 g/mol. The number of carboxylic acids is 1. The molecule has 0 radical (unpaired) electrons. The van der Waals surface area contributed by atoms with Crippen LogP contribution in [0.3, 0.4) is 0 Å². The molecule has 0 unspecified atom stereocenters. The summed E-state index contributed by atoms with van der Waals surface area (Å²) in [5.74, 6) is -1.83. The van der Waals surface area contributed by atoms with Gasteiger partial charge < -0.3 is 25.2 Å². The van der Waals surface area contributed by atoms with Crippen molar-refractivity contribution in [3.63, 3.8) is 0 Å². The first-order chi connectivity index (χ1) is 20.5. The number of carbonyl (C=O) groups excluding carboxylic acids is 3. The van der Waals surface area contributed by atoms with E-state index < -0.39 is 23.7 Å². The lowest BCUT2D eigenvalue weighted by molar-refractivity contribution is -0.155. The van der Waals surface area contributed by atoms with Crippen molar-refractivity contribution >= 4 is 23.9 Å². The lowest BCUT2D eigenvalue weighted by Crippen LogP contribution is -2.48. The Hall–Kier alpha value is -3.88. The molecule has 0 saturated carbocycles. The molecule has 3 N–H and O–H groups in total. The number of fused-ring (bicyclic) bond motifs is 3. The van der Waals surface area contributed by atoms with Crippen molar-refractivity contribution in [2.24, 2.45) is 0 Å². The number of carbonyl (C=O) groups is 4. The minimum atomic E-state index is -1.24. The number of nitrogens with one attached hydrogen (secondary N) is 2. The van der Waals surface area contributed by atoms with Crippen LogP contribution in [0.25, 0.3) is 11.1 Å². The average Bonchev–Trinajstić information content (AvgIpc) is 3.27. The van der Waals surface area contributed by atoms with E-state index in [1.54, 1.807) is 0 Å². The molecule has 2 aromatic carbocycles. The van der Waals surface area contributed by atoms with Gasteiger partial charge in [-0.05, 0) is 55.9 Å². The number of rotatable bonds is 17. The van der Waals surface area contributed by atoms with Gasteiger partial charge in [-0.2, -0.15) is 0 Å². The molecule has 9 nitrogen and oxygen atoms in total.